The number of hydrogen-bond acceptors (Lipinski definition) is 6. The molecule has 0 aliphatic heterocycles. The van der Waals surface area contributed by atoms with Gasteiger partial charge in [-0.1, -0.05) is 30.3 Å². The highest BCUT2D eigenvalue weighted by Gasteiger charge is 2.16. The molecule has 0 bridgehead atoms. The summed E-state index contributed by atoms with van der Waals surface area (Å²) < 4.78 is 21.2. The molecule has 0 spiro atoms. The average molecular weight is 370 g/mol. The fourth-order valence-electron chi connectivity index (χ4n) is 2.62. The van der Waals surface area contributed by atoms with Crippen LogP contribution in [0.2, 0.25) is 0 Å². The SMILES string of the molecule is COC/C(OC)=C(/c1ccccc1)c1cc(OC(C)=O)cc(OC(C)=O)c1. The van der Waals surface area contributed by atoms with Gasteiger partial charge >= 0.3 is 11.9 Å². The van der Waals surface area contributed by atoms with Crippen LogP contribution in [-0.4, -0.2) is 32.8 Å². The highest BCUT2D eigenvalue weighted by Crippen LogP contribution is 2.33. The van der Waals surface area contributed by atoms with E-state index in [4.69, 9.17) is 18.9 Å². The third kappa shape index (κ3) is 5.69. The van der Waals surface area contributed by atoms with Gasteiger partial charge in [0.25, 0.3) is 0 Å². The molecule has 2 aromatic rings. The monoisotopic (exact) mass is 370 g/mol. The lowest BCUT2D eigenvalue weighted by Crippen LogP contribution is -2.07. The number of rotatable bonds is 7. The van der Waals surface area contributed by atoms with Crippen LogP contribution in [0.1, 0.15) is 25.0 Å². The summed E-state index contributed by atoms with van der Waals surface area (Å²) in [4.78, 5) is 22.8. The van der Waals surface area contributed by atoms with E-state index >= 15 is 0 Å². The van der Waals surface area contributed by atoms with Crippen LogP contribution in [-0.2, 0) is 19.1 Å². The van der Waals surface area contributed by atoms with Gasteiger partial charge in [0.1, 0.15) is 23.9 Å². The molecule has 0 amide bonds. The van der Waals surface area contributed by atoms with E-state index in [2.05, 4.69) is 0 Å². The fraction of sp³-hybridized carbons (Fsp3) is 0.238. The molecule has 0 saturated carbocycles. The predicted octanol–water partition coefficient (Wildman–Crippen LogP) is 3.59. The first-order valence-corrected chi connectivity index (χ1v) is 8.28. The average Bonchev–Trinajstić information content (AvgIpc) is 2.61. The zero-order chi connectivity index (χ0) is 19.8. The van der Waals surface area contributed by atoms with Gasteiger partial charge in [0, 0.05) is 32.6 Å². The lowest BCUT2D eigenvalue weighted by molar-refractivity contribution is -0.132. The van der Waals surface area contributed by atoms with Gasteiger partial charge in [-0.2, -0.15) is 0 Å². The minimum Gasteiger partial charge on any atom is -0.498 e. The third-order valence-electron chi connectivity index (χ3n) is 3.56. The van der Waals surface area contributed by atoms with Crippen LogP contribution in [0.3, 0.4) is 0 Å². The van der Waals surface area contributed by atoms with Gasteiger partial charge < -0.3 is 18.9 Å². The molecule has 0 radical (unpaired) electrons. The summed E-state index contributed by atoms with van der Waals surface area (Å²) in [6.45, 7) is 2.84. The number of hydrogen-bond donors (Lipinski definition) is 0. The molecule has 142 valence electrons. The van der Waals surface area contributed by atoms with E-state index in [-0.39, 0.29) is 18.1 Å². The second-order valence-electron chi connectivity index (χ2n) is 5.68. The van der Waals surface area contributed by atoms with E-state index in [0.29, 0.717) is 11.3 Å². The maximum absolute atomic E-state index is 11.4. The number of esters is 2. The van der Waals surface area contributed by atoms with Crippen LogP contribution >= 0.6 is 0 Å². The van der Waals surface area contributed by atoms with Crippen molar-refractivity contribution >= 4 is 17.5 Å². The summed E-state index contributed by atoms with van der Waals surface area (Å²) in [5.74, 6) is 0.151. The van der Waals surface area contributed by atoms with E-state index in [9.17, 15) is 9.59 Å². The summed E-state index contributed by atoms with van der Waals surface area (Å²) in [6, 6.07) is 14.4. The topological polar surface area (TPSA) is 71.1 Å². The molecule has 27 heavy (non-hydrogen) atoms. The Bertz CT molecular complexity index is 805. The standard InChI is InChI=1S/C21H22O6/c1-14(22)26-18-10-17(11-19(12-18)27-15(2)23)21(20(25-4)13-24-3)16-8-6-5-7-9-16/h5-12H,13H2,1-4H3/b21-20+. The summed E-state index contributed by atoms with van der Waals surface area (Å²) in [7, 11) is 3.13. The smallest absolute Gasteiger partial charge is 0.308 e. The minimum absolute atomic E-state index is 0.238. The Labute approximate surface area is 158 Å². The van der Waals surface area contributed by atoms with Crippen molar-refractivity contribution in [2.24, 2.45) is 0 Å². The summed E-state index contributed by atoms with van der Waals surface area (Å²) in [5, 5.41) is 0. The van der Waals surface area contributed by atoms with Crippen molar-refractivity contribution in [3.05, 3.63) is 65.4 Å². The van der Waals surface area contributed by atoms with Gasteiger partial charge in [-0.3, -0.25) is 9.59 Å². The van der Waals surface area contributed by atoms with Crippen LogP contribution in [0.15, 0.2) is 54.3 Å². The zero-order valence-electron chi connectivity index (χ0n) is 15.8. The molecule has 0 heterocycles. The van der Waals surface area contributed by atoms with Crippen molar-refractivity contribution in [3.8, 4) is 11.5 Å². The Morgan fingerprint density at radius 3 is 1.81 bits per heavy atom. The fourth-order valence-corrected chi connectivity index (χ4v) is 2.62. The summed E-state index contributed by atoms with van der Waals surface area (Å²) in [5.41, 5.74) is 2.27. The number of ether oxygens (including phenoxy) is 4. The number of carbonyl (C=O) groups excluding carboxylic acids is 2. The quantitative estimate of drug-likeness (QED) is 0.421. The van der Waals surface area contributed by atoms with Gasteiger partial charge in [-0.05, 0) is 23.3 Å². The minimum atomic E-state index is -0.477. The first-order valence-electron chi connectivity index (χ1n) is 8.28. The second-order valence-corrected chi connectivity index (χ2v) is 5.68. The van der Waals surface area contributed by atoms with Gasteiger partial charge in [0.15, 0.2) is 0 Å². The number of benzene rings is 2. The normalized spacial score (nSPS) is 11.4. The summed E-state index contributed by atoms with van der Waals surface area (Å²) >= 11 is 0. The van der Waals surface area contributed by atoms with E-state index in [1.54, 1.807) is 26.4 Å². The van der Waals surface area contributed by atoms with Gasteiger partial charge in [-0.25, -0.2) is 0 Å². The van der Waals surface area contributed by atoms with Crippen molar-refractivity contribution in [1.82, 2.24) is 0 Å². The molecular weight excluding hydrogens is 348 g/mol. The third-order valence-corrected chi connectivity index (χ3v) is 3.56. The molecule has 0 fully saturated rings. The van der Waals surface area contributed by atoms with E-state index in [0.717, 1.165) is 11.1 Å². The van der Waals surface area contributed by atoms with Gasteiger partial charge in [0.2, 0.25) is 0 Å². The van der Waals surface area contributed by atoms with Crippen LogP contribution in [0.25, 0.3) is 5.57 Å². The zero-order valence-corrected chi connectivity index (χ0v) is 15.8. The summed E-state index contributed by atoms with van der Waals surface area (Å²) in [6.07, 6.45) is 0. The van der Waals surface area contributed by atoms with Crippen LogP contribution in [0.5, 0.6) is 11.5 Å². The van der Waals surface area contributed by atoms with Gasteiger partial charge in [0.05, 0.1) is 7.11 Å². The highest BCUT2D eigenvalue weighted by molar-refractivity contribution is 5.83. The van der Waals surface area contributed by atoms with E-state index < -0.39 is 11.9 Å². The maximum Gasteiger partial charge on any atom is 0.308 e. The van der Waals surface area contributed by atoms with Gasteiger partial charge in [-0.15, -0.1) is 0 Å². The largest absolute Gasteiger partial charge is 0.498 e. The Kier molecular flexibility index (Phi) is 7.14. The predicted molar refractivity (Wildman–Crippen MR) is 100 cm³/mol. The Balaban J connectivity index is 2.69. The Morgan fingerprint density at radius 2 is 1.37 bits per heavy atom. The van der Waals surface area contributed by atoms with Crippen molar-refractivity contribution < 1.29 is 28.5 Å². The molecule has 0 unspecified atom stereocenters. The molecule has 6 nitrogen and oxygen atoms in total. The van der Waals surface area contributed by atoms with E-state index in [1.807, 2.05) is 30.3 Å². The van der Waals surface area contributed by atoms with E-state index in [1.165, 1.54) is 19.9 Å². The van der Waals surface area contributed by atoms with Crippen molar-refractivity contribution in [2.45, 2.75) is 13.8 Å². The maximum atomic E-state index is 11.4. The lowest BCUT2D eigenvalue weighted by atomic mass is 9.96. The molecule has 0 aliphatic rings. The number of methoxy groups -OCH3 is 2. The van der Waals surface area contributed by atoms with Crippen LogP contribution < -0.4 is 9.47 Å². The molecule has 0 N–H and O–H groups in total. The van der Waals surface area contributed by atoms with Crippen molar-refractivity contribution in [3.63, 3.8) is 0 Å². The molecule has 6 heteroatoms. The molecule has 2 aromatic carbocycles. The van der Waals surface area contributed by atoms with Crippen molar-refractivity contribution in [2.75, 3.05) is 20.8 Å². The van der Waals surface area contributed by atoms with Crippen molar-refractivity contribution in [1.29, 1.82) is 0 Å². The molecule has 0 aliphatic carbocycles. The molecule has 0 atom stereocenters. The molecular formula is C21H22O6. The molecule has 0 saturated heterocycles. The first kappa shape index (κ1) is 20.2. The Morgan fingerprint density at radius 1 is 0.815 bits per heavy atom. The number of carbonyl (C=O) groups is 2. The highest BCUT2D eigenvalue weighted by atomic mass is 16.5. The van der Waals surface area contributed by atoms with Crippen LogP contribution in [0.4, 0.5) is 0 Å². The molecule has 2 rings (SSSR count). The molecule has 0 aromatic heterocycles. The Hall–Kier alpha value is -3.12. The second kappa shape index (κ2) is 9.54. The van der Waals surface area contributed by atoms with Crippen LogP contribution in [0, 0.1) is 0 Å². The first-order chi connectivity index (χ1) is 12.9. The lowest BCUT2D eigenvalue weighted by Gasteiger charge is -2.17.